The summed E-state index contributed by atoms with van der Waals surface area (Å²) in [6.07, 6.45) is 9.89. The number of hydrogen-bond acceptors (Lipinski definition) is 2. The Hall–Kier alpha value is -4.82. The number of allylic oxidation sites excluding steroid dienone is 2. The van der Waals surface area contributed by atoms with Crippen LogP contribution in [0, 0.1) is 0 Å². The second kappa shape index (κ2) is 10.2. The van der Waals surface area contributed by atoms with Crippen LogP contribution in [0.4, 0.5) is 11.4 Å². The molecule has 0 radical (unpaired) electrons. The first-order valence-electron chi connectivity index (χ1n) is 13.6. The van der Waals surface area contributed by atoms with Crippen molar-refractivity contribution >= 4 is 11.4 Å². The van der Waals surface area contributed by atoms with Crippen LogP contribution in [0.1, 0.15) is 22.6 Å². The van der Waals surface area contributed by atoms with E-state index >= 15 is 0 Å². The average Bonchev–Trinajstić information content (AvgIpc) is 3.34. The number of rotatable bonds is 6. The molecule has 0 aromatic heterocycles. The first-order chi connectivity index (χ1) is 19.3. The molecule has 2 atom stereocenters. The smallest absolute Gasteiger partial charge is 0.127 e. The molecule has 2 unspecified atom stereocenters. The molecule has 0 spiro atoms. The normalized spacial score (nSPS) is 17.1. The summed E-state index contributed by atoms with van der Waals surface area (Å²) in [5.41, 5.74) is 8.86. The van der Waals surface area contributed by atoms with Crippen LogP contribution < -0.4 is 9.64 Å². The Morgan fingerprint density at radius 3 is 1.87 bits per heavy atom. The second-order valence-corrected chi connectivity index (χ2v) is 10.2. The Morgan fingerprint density at radius 2 is 1.13 bits per heavy atom. The van der Waals surface area contributed by atoms with Gasteiger partial charge in [-0.2, -0.15) is 0 Å². The SMILES string of the molecule is C1=CC2c3ccccc3N(c3ccc(-c4ccc(Oc5ccc(Cc6ccccc6)cc5)cc4)cc3)C2C=C1. The average molecular weight is 504 g/mol. The Bertz CT molecular complexity index is 1630. The van der Waals surface area contributed by atoms with Crippen LogP contribution in [0.5, 0.6) is 11.5 Å². The van der Waals surface area contributed by atoms with Gasteiger partial charge in [0.1, 0.15) is 11.5 Å². The summed E-state index contributed by atoms with van der Waals surface area (Å²) >= 11 is 0. The van der Waals surface area contributed by atoms with Crippen molar-refractivity contribution in [2.24, 2.45) is 0 Å². The topological polar surface area (TPSA) is 12.5 Å². The summed E-state index contributed by atoms with van der Waals surface area (Å²) in [6, 6.07) is 45.2. The molecular formula is C37H29NO. The van der Waals surface area contributed by atoms with Crippen LogP contribution in [0.2, 0.25) is 0 Å². The highest BCUT2D eigenvalue weighted by Crippen LogP contribution is 2.47. The molecule has 2 nitrogen and oxygen atoms in total. The minimum atomic E-state index is 0.321. The number of hydrogen-bond donors (Lipinski definition) is 0. The van der Waals surface area contributed by atoms with Gasteiger partial charge >= 0.3 is 0 Å². The molecule has 5 aromatic carbocycles. The van der Waals surface area contributed by atoms with E-state index < -0.39 is 0 Å². The molecule has 7 rings (SSSR count). The van der Waals surface area contributed by atoms with Crippen molar-refractivity contribution in [3.05, 3.63) is 168 Å². The summed E-state index contributed by atoms with van der Waals surface area (Å²) in [4.78, 5) is 2.46. The third-order valence-electron chi connectivity index (χ3n) is 7.70. The molecule has 0 fully saturated rings. The quantitative estimate of drug-likeness (QED) is 0.229. The van der Waals surface area contributed by atoms with Crippen molar-refractivity contribution in [2.45, 2.75) is 18.4 Å². The van der Waals surface area contributed by atoms with Gasteiger partial charge < -0.3 is 9.64 Å². The molecular weight excluding hydrogens is 474 g/mol. The monoisotopic (exact) mass is 503 g/mol. The van der Waals surface area contributed by atoms with Gasteiger partial charge in [-0.05, 0) is 76.7 Å². The van der Waals surface area contributed by atoms with Crippen molar-refractivity contribution in [2.75, 3.05) is 4.90 Å². The maximum absolute atomic E-state index is 6.13. The summed E-state index contributed by atoms with van der Waals surface area (Å²) in [6.45, 7) is 0. The van der Waals surface area contributed by atoms with Crippen LogP contribution in [0.15, 0.2) is 152 Å². The molecule has 0 amide bonds. The number of anilines is 2. The Morgan fingerprint density at radius 1 is 0.538 bits per heavy atom. The number of ether oxygens (including phenoxy) is 1. The standard InChI is InChI=1S/C37H29NO/c1-2-8-27(9-3-1)26-28-14-22-32(23-15-28)39-33-24-18-30(19-25-33)29-16-20-31(21-17-29)38-36-12-6-4-10-34(36)35-11-5-7-13-37(35)38/h1-25,34,36H,26H2. The Kier molecular flexibility index (Phi) is 6.07. The van der Waals surface area contributed by atoms with E-state index in [1.807, 2.05) is 24.3 Å². The van der Waals surface area contributed by atoms with Crippen LogP contribution >= 0.6 is 0 Å². The third-order valence-corrected chi connectivity index (χ3v) is 7.70. The third kappa shape index (κ3) is 4.66. The molecule has 1 aliphatic heterocycles. The van der Waals surface area contributed by atoms with Crippen LogP contribution in [-0.2, 0) is 6.42 Å². The van der Waals surface area contributed by atoms with Gasteiger partial charge in [0.05, 0.1) is 6.04 Å². The van der Waals surface area contributed by atoms with Crippen LogP contribution in [0.3, 0.4) is 0 Å². The van der Waals surface area contributed by atoms with Crippen LogP contribution in [0.25, 0.3) is 11.1 Å². The Balaban J connectivity index is 1.05. The first-order valence-corrected chi connectivity index (χ1v) is 13.6. The van der Waals surface area contributed by atoms with Gasteiger partial charge in [0.25, 0.3) is 0 Å². The van der Waals surface area contributed by atoms with E-state index in [2.05, 4.69) is 132 Å². The maximum atomic E-state index is 6.13. The lowest BCUT2D eigenvalue weighted by molar-refractivity contribution is 0.482. The molecule has 5 aromatic rings. The number of benzene rings is 5. The lowest BCUT2D eigenvalue weighted by atomic mass is 9.91. The van der Waals surface area contributed by atoms with E-state index in [1.54, 1.807) is 0 Å². The van der Waals surface area contributed by atoms with Crippen molar-refractivity contribution in [1.82, 2.24) is 0 Å². The highest BCUT2D eigenvalue weighted by atomic mass is 16.5. The van der Waals surface area contributed by atoms with Crippen molar-refractivity contribution in [1.29, 1.82) is 0 Å². The molecule has 188 valence electrons. The van der Waals surface area contributed by atoms with Gasteiger partial charge in [-0.3, -0.25) is 0 Å². The van der Waals surface area contributed by atoms with Crippen LogP contribution in [-0.4, -0.2) is 6.04 Å². The van der Waals surface area contributed by atoms with Crippen molar-refractivity contribution < 1.29 is 4.74 Å². The minimum absolute atomic E-state index is 0.321. The predicted octanol–water partition coefficient (Wildman–Crippen LogP) is 9.47. The van der Waals surface area contributed by atoms with Gasteiger partial charge in [-0.1, -0.05) is 109 Å². The highest BCUT2D eigenvalue weighted by molar-refractivity contribution is 5.77. The number of fused-ring (bicyclic) bond motifs is 3. The van der Waals surface area contributed by atoms with E-state index in [9.17, 15) is 0 Å². The molecule has 0 saturated carbocycles. The fraction of sp³-hybridized carbons (Fsp3) is 0.0811. The molecule has 0 N–H and O–H groups in total. The van der Waals surface area contributed by atoms with Crippen molar-refractivity contribution in [3.8, 4) is 22.6 Å². The van der Waals surface area contributed by atoms with Gasteiger partial charge in [-0.15, -0.1) is 0 Å². The molecule has 0 saturated heterocycles. The highest BCUT2D eigenvalue weighted by Gasteiger charge is 2.36. The van der Waals surface area contributed by atoms with Crippen molar-refractivity contribution in [3.63, 3.8) is 0 Å². The molecule has 1 heterocycles. The fourth-order valence-electron chi connectivity index (χ4n) is 5.76. The number of nitrogens with zero attached hydrogens (tertiary/aromatic N) is 1. The number of para-hydroxylation sites is 1. The van der Waals surface area contributed by atoms with Gasteiger partial charge in [0.2, 0.25) is 0 Å². The van der Waals surface area contributed by atoms with E-state index in [1.165, 1.54) is 39.2 Å². The van der Waals surface area contributed by atoms with E-state index in [0.717, 1.165) is 17.9 Å². The summed E-state index contributed by atoms with van der Waals surface area (Å²) in [7, 11) is 0. The van der Waals surface area contributed by atoms with E-state index in [0.29, 0.717) is 12.0 Å². The predicted molar refractivity (Wildman–Crippen MR) is 161 cm³/mol. The first kappa shape index (κ1) is 23.3. The molecule has 0 bridgehead atoms. The minimum Gasteiger partial charge on any atom is -0.457 e. The lowest BCUT2D eigenvalue weighted by Gasteiger charge is -2.28. The summed E-state index contributed by atoms with van der Waals surface area (Å²) in [5.74, 6) is 2.08. The van der Waals surface area contributed by atoms with E-state index in [4.69, 9.17) is 4.74 Å². The largest absolute Gasteiger partial charge is 0.457 e. The maximum Gasteiger partial charge on any atom is 0.127 e. The Labute approximate surface area is 230 Å². The lowest BCUT2D eigenvalue weighted by Crippen LogP contribution is -2.28. The summed E-state index contributed by atoms with van der Waals surface area (Å²) in [5, 5.41) is 0. The van der Waals surface area contributed by atoms with Gasteiger partial charge in [0, 0.05) is 17.3 Å². The van der Waals surface area contributed by atoms with Gasteiger partial charge in [-0.25, -0.2) is 0 Å². The molecule has 39 heavy (non-hydrogen) atoms. The molecule has 2 heteroatoms. The molecule has 2 aliphatic rings. The zero-order chi connectivity index (χ0) is 26.0. The zero-order valence-corrected chi connectivity index (χ0v) is 21.7. The fourth-order valence-corrected chi connectivity index (χ4v) is 5.76. The van der Waals surface area contributed by atoms with Gasteiger partial charge in [0.15, 0.2) is 0 Å². The second-order valence-electron chi connectivity index (χ2n) is 10.2. The zero-order valence-electron chi connectivity index (χ0n) is 21.7. The summed E-state index contributed by atoms with van der Waals surface area (Å²) < 4.78 is 6.13. The molecule has 1 aliphatic carbocycles. The van der Waals surface area contributed by atoms with E-state index in [-0.39, 0.29) is 0 Å².